The van der Waals surface area contributed by atoms with Crippen LogP contribution in [-0.2, 0) is 9.59 Å². The summed E-state index contributed by atoms with van der Waals surface area (Å²) < 4.78 is 0. The number of amides is 1. The van der Waals surface area contributed by atoms with E-state index in [9.17, 15) is 19.8 Å². The van der Waals surface area contributed by atoms with Crippen LogP contribution in [0, 0.1) is 5.41 Å². The summed E-state index contributed by atoms with van der Waals surface area (Å²) in [4.78, 5) is 25.4. The Balaban J connectivity index is 2.13. The number of carbonyl (C=O) groups is 2. The van der Waals surface area contributed by atoms with Gasteiger partial charge in [0.15, 0.2) is 0 Å². The molecule has 0 unspecified atom stereocenters. The summed E-state index contributed by atoms with van der Waals surface area (Å²) in [5.41, 5.74) is -0.364. The SMILES string of the molecule is CN(C(=O)CC1(C(=O)O)CCCCC1)c1cccc(O)c1. The minimum absolute atomic E-state index is 0.00842. The Kier molecular flexibility index (Phi) is 4.50. The first-order valence-electron chi connectivity index (χ1n) is 7.24. The van der Waals surface area contributed by atoms with E-state index in [0.29, 0.717) is 18.5 Å². The molecule has 1 amide bonds. The Bertz CT molecular complexity index is 535. The molecule has 0 heterocycles. The van der Waals surface area contributed by atoms with E-state index in [4.69, 9.17) is 0 Å². The third-order valence-corrected chi connectivity index (χ3v) is 4.35. The molecule has 0 saturated heterocycles. The van der Waals surface area contributed by atoms with E-state index in [2.05, 4.69) is 0 Å². The van der Waals surface area contributed by atoms with Crippen LogP contribution in [0.3, 0.4) is 0 Å². The normalized spacial score (nSPS) is 17.2. The number of nitrogens with zero attached hydrogens (tertiary/aromatic N) is 1. The fourth-order valence-electron chi connectivity index (χ4n) is 2.95. The summed E-state index contributed by atoms with van der Waals surface area (Å²) in [6.45, 7) is 0. The van der Waals surface area contributed by atoms with Crippen molar-refractivity contribution in [2.24, 2.45) is 5.41 Å². The lowest BCUT2D eigenvalue weighted by Crippen LogP contribution is -2.39. The van der Waals surface area contributed by atoms with E-state index in [0.717, 1.165) is 19.3 Å². The summed E-state index contributed by atoms with van der Waals surface area (Å²) in [5.74, 6) is -1.03. The number of aromatic hydroxyl groups is 1. The van der Waals surface area contributed by atoms with Gasteiger partial charge in [0.25, 0.3) is 0 Å². The molecule has 0 radical (unpaired) electrons. The van der Waals surface area contributed by atoms with Gasteiger partial charge >= 0.3 is 5.97 Å². The number of aliphatic carboxylic acids is 1. The lowest BCUT2D eigenvalue weighted by Gasteiger charge is -2.33. The second kappa shape index (κ2) is 6.16. The van der Waals surface area contributed by atoms with Crippen molar-refractivity contribution in [1.82, 2.24) is 0 Å². The van der Waals surface area contributed by atoms with Crippen molar-refractivity contribution in [3.63, 3.8) is 0 Å². The van der Waals surface area contributed by atoms with E-state index < -0.39 is 11.4 Å². The van der Waals surface area contributed by atoms with Crippen LogP contribution in [0.5, 0.6) is 5.75 Å². The first kappa shape index (κ1) is 15.4. The van der Waals surface area contributed by atoms with Gasteiger partial charge in [-0.3, -0.25) is 9.59 Å². The molecular weight excluding hydrogens is 270 g/mol. The summed E-state index contributed by atoms with van der Waals surface area (Å²) in [7, 11) is 1.61. The molecule has 5 nitrogen and oxygen atoms in total. The van der Waals surface area contributed by atoms with Gasteiger partial charge in [-0.25, -0.2) is 0 Å². The molecule has 1 aliphatic carbocycles. The predicted octanol–water partition coefficient (Wildman–Crippen LogP) is 2.78. The van der Waals surface area contributed by atoms with Gasteiger partial charge in [-0.15, -0.1) is 0 Å². The van der Waals surface area contributed by atoms with Crippen molar-refractivity contribution < 1.29 is 19.8 Å². The molecule has 1 fully saturated rings. The van der Waals surface area contributed by atoms with Gasteiger partial charge in [0, 0.05) is 25.2 Å². The third-order valence-electron chi connectivity index (χ3n) is 4.35. The monoisotopic (exact) mass is 291 g/mol. The summed E-state index contributed by atoms with van der Waals surface area (Å²) in [6, 6.07) is 6.39. The summed E-state index contributed by atoms with van der Waals surface area (Å²) >= 11 is 0. The minimum atomic E-state index is -0.930. The zero-order valence-electron chi connectivity index (χ0n) is 12.2. The number of carboxylic acid groups (broad SMARTS) is 1. The molecule has 2 rings (SSSR count). The van der Waals surface area contributed by atoms with E-state index in [1.54, 1.807) is 19.2 Å². The molecule has 2 N–H and O–H groups in total. The zero-order valence-corrected chi connectivity index (χ0v) is 12.2. The van der Waals surface area contributed by atoms with E-state index in [-0.39, 0.29) is 18.1 Å². The Morgan fingerprint density at radius 2 is 1.90 bits per heavy atom. The molecule has 0 spiro atoms. The van der Waals surface area contributed by atoms with Gasteiger partial charge in [0.2, 0.25) is 5.91 Å². The summed E-state index contributed by atoms with van der Waals surface area (Å²) in [6.07, 6.45) is 3.87. The number of hydrogen-bond donors (Lipinski definition) is 2. The average Bonchev–Trinajstić information content (AvgIpc) is 2.47. The Hall–Kier alpha value is -2.04. The molecule has 114 valence electrons. The van der Waals surface area contributed by atoms with Gasteiger partial charge in [-0.2, -0.15) is 0 Å². The smallest absolute Gasteiger partial charge is 0.310 e. The maximum atomic E-state index is 12.4. The fourth-order valence-corrected chi connectivity index (χ4v) is 2.95. The number of hydrogen-bond acceptors (Lipinski definition) is 3. The van der Waals surface area contributed by atoms with E-state index in [1.807, 2.05) is 0 Å². The van der Waals surface area contributed by atoms with Crippen molar-refractivity contribution in [3.05, 3.63) is 24.3 Å². The molecule has 0 bridgehead atoms. The molecule has 0 aromatic heterocycles. The molecule has 1 saturated carbocycles. The Labute approximate surface area is 124 Å². The van der Waals surface area contributed by atoms with Crippen LogP contribution in [0.15, 0.2) is 24.3 Å². The molecule has 0 aliphatic heterocycles. The molecule has 1 aliphatic rings. The van der Waals surface area contributed by atoms with Gasteiger partial charge in [0.05, 0.1) is 5.41 Å². The van der Waals surface area contributed by atoms with Crippen LogP contribution < -0.4 is 4.90 Å². The quantitative estimate of drug-likeness (QED) is 0.894. The highest BCUT2D eigenvalue weighted by molar-refractivity contribution is 5.96. The van der Waals surface area contributed by atoms with Crippen molar-refractivity contribution in [1.29, 1.82) is 0 Å². The number of carbonyl (C=O) groups excluding carboxylic acids is 1. The van der Waals surface area contributed by atoms with Crippen LogP contribution in [0.25, 0.3) is 0 Å². The van der Waals surface area contributed by atoms with Gasteiger partial charge in [-0.1, -0.05) is 25.3 Å². The largest absolute Gasteiger partial charge is 0.508 e. The van der Waals surface area contributed by atoms with Crippen molar-refractivity contribution in [3.8, 4) is 5.75 Å². The van der Waals surface area contributed by atoms with Crippen LogP contribution >= 0.6 is 0 Å². The number of carboxylic acids is 1. The highest BCUT2D eigenvalue weighted by atomic mass is 16.4. The first-order valence-corrected chi connectivity index (χ1v) is 7.24. The maximum absolute atomic E-state index is 12.4. The Morgan fingerprint density at radius 3 is 2.48 bits per heavy atom. The highest BCUT2D eigenvalue weighted by Gasteiger charge is 2.42. The Morgan fingerprint density at radius 1 is 1.24 bits per heavy atom. The predicted molar refractivity (Wildman–Crippen MR) is 79.3 cm³/mol. The fraction of sp³-hybridized carbons (Fsp3) is 0.500. The lowest BCUT2D eigenvalue weighted by molar-refractivity contribution is -0.153. The van der Waals surface area contributed by atoms with E-state index in [1.165, 1.54) is 17.0 Å². The van der Waals surface area contributed by atoms with Gasteiger partial charge < -0.3 is 15.1 Å². The molecule has 5 heteroatoms. The lowest BCUT2D eigenvalue weighted by atomic mass is 9.71. The molecule has 1 aromatic carbocycles. The molecule has 1 aromatic rings. The van der Waals surface area contributed by atoms with Crippen LogP contribution in [0.1, 0.15) is 38.5 Å². The minimum Gasteiger partial charge on any atom is -0.508 e. The number of phenolic OH excluding ortho intramolecular Hbond substituents is 1. The van der Waals surface area contributed by atoms with E-state index >= 15 is 0 Å². The van der Waals surface area contributed by atoms with Crippen LogP contribution in [0.2, 0.25) is 0 Å². The van der Waals surface area contributed by atoms with Crippen molar-refractivity contribution in [2.75, 3.05) is 11.9 Å². The molecule has 0 atom stereocenters. The number of phenols is 1. The highest BCUT2D eigenvalue weighted by Crippen LogP contribution is 2.40. The molecule has 21 heavy (non-hydrogen) atoms. The van der Waals surface area contributed by atoms with Crippen LogP contribution in [-0.4, -0.2) is 29.1 Å². The number of anilines is 1. The zero-order chi connectivity index (χ0) is 15.5. The van der Waals surface area contributed by atoms with Gasteiger partial charge in [-0.05, 0) is 25.0 Å². The van der Waals surface area contributed by atoms with Crippen molar-refractivity contribution in [2.45, 2.75) is 38.5 Å². The molecular formula is C16H21NO4. The maximum Gasteiger partial charge on any atom is 0.310 e. The van der Waals surface area contributed by atoms with Crippen LogP contribution in [0.4, 0.5) is 5.69 Å². The number of rotatable bonds is 4. The standard InChI is InChI=1S/C16H21NO4/c1-17(12-6-5-7-13(18)10-12)14(19)11-16(15(20)21)8-3-2-4-9-16/h5-7,10,18H,2-4,8-9,11H2,1H3,(H,20,21). The third kappa shape index (κ3) is 3.35. The topological polar surface area (TPSA) is 77.8 Å². The first-order chi connectivity index (χ1) is 9.94. The second-order valence-corrected chi connectivity index (χ2v) is 5.80. The summed E-state index contributed by atoms with van der Waals surface area (Å²) in [5, 5.41) is 19.0. The second-order valence-electron chi connectivity index (χ2n) is 5.80. The average molecular weight is 291 g/mol. The van der Waals surface area contributed by atoms with Crippen molar-refractivity contribution >= 4 is 17.6 Å². The number of benzene rings is 1. The van der Waals surface area contributed by atoms with Gasteiger partial charge in [0.1, 0.15) is 5.75 Å².